The predicted molar refractivity (Wildman–Crippen MR) is 62.3 cm³/mol. The van der Waals surface area contributed by atoms with Gasteiger partial charge in [0.2, 0.25) is 0 Å². The van der Waals surface area contributed by atoms with E-state index in [9.17, 15) is 14.0 Å². The molecule has 0 unspecified atom stereocenters. The van der Waals surface area contributed by atoms with Crippen LogP contribution in [-0.2, 0) is 0 Å². The number of carbonyl (C=O) groups excluding carboxylic acids is 1. The number of aromatic amines is 2. The molecule has 0 bridgehead atoms. The van der Waals surface area contributed by atoms with Gasteiger partial charge in [-0.3, -0.25) is 4.79 Å². The quantitative estimate of drug-likeness (QED) is 0.585. The van der Waals surface area contributed by atoms with Crippen molar-refractivity contribution in [1.82, 2.24) is 25.0 Å². The summed E-state index contributed by atoms with van der Waals surface area (Å²) in [5.41, 5.74) is 5.04. The summed E-state index contributed by atoms with van der Waals surface area (Å²) in [6.07, 6.45) is 0. The van der Waals surface area contributed by atoms with Crippen LogP contribution in [0.5, 0.6) is 0 Å². The average molecular weight is 262 g/mol. The molecule has 0 atom stereocenters. The predicted octanol–water partition coefficient (Wildman–Crippen LogP) is -0.325. The van der Waals surface area contributed by atoms with Crippen molar-refractivity contribution in [3.8, 4) is 5.82 Å². The van der Waals surface area contributed by atoms with E-state index in [1.54, 1.807) is 0 Å². The molecule has 96 valence electrons. The van der Waals surface area contributed by atoms with E-state index in [1.165, 1.54) is 12.1 Å². The molecule has 0 radical (unpaired) electrons. The first-order chi connectivity index (χ1) is 9.08. The molecule has 0 aliphatic rings. The van der Waals surface area contributed by atoms with Gasteiger partial charge in [-0.05, 0) is 18.2 Å². The Morgan fingerprint density at radius 3 is 2.89 bits per heavy atom. The van der Waals surface area contributed by atoms with Gasteiger partial charge in [-0.15, -0.1) is 10.2 Å². The number of benzene rings is 1. The number of imidazole rings is 1. The molecule has 0 aliphatic heterocycles. The van der Waals surface area contributed by atoms with Gasteiger partial charge >= 0.3 is 5.69 Å². The summed E-state index contributed by atoms with van der Waals surface area (Å²) in [6, 6.07) is 3.75. The largest absolute Gasteiger partial charge is 0.364 e. The normalized spacial score (nSPS) is 11.0. The summed E-state index contributed by atoms with van der Waals surface area (Å²) in [5.74, 6) is -1.35. The molecule has 3 aromatic rings. The number of nitrogens with two attached hydrogens (primary N) is 1. The van der Waals surface area contributed by atoms with Crippen LogP contribution in [-0.4, -0.2) is 30.9 Å². The van der Waals surface area contributed by atoms with Gasteiger partial charge in [-0.1, -0.05) is 0 Å². The zero-order valence-electron chi connectivity index (χ0n) is 9.35. The van der Waals surface area contributed by atoms with E-state index < -0.39 is 17.4 Å². The number of fused-ring (bicyclic) bond motifs is 1. The Morgan fingerprint density at radius 1 is 1.37 bits per heavy atom. The number of halogens is 1. The lowest BCUT2D eigenvalue weighted by Gasteiger charge is -1.99. The van der Waals surface area contributed by atoms with Crippen LogP contribution < -0.4 is 11.4 Å². The van der Waals surface area contributed by atoms with Crippen molar-refractivity contribution in [3.63, 3.8) is 0 Å². The molecule has 8 nitrogen and oxygen atoms in total. The second-order valence-electron chi connectivity index (χ2n) is 3.79. The highest BCUT2D eigenvalue weighted by Gasteiger charge is 2.19. The van der Waals surface area contributed by atoms with E-state index in [0.717, 1.165) is 10.6 Å². The van der Waals surface area contributed by atoms with Crippen LogP contribution in [0.25, 0.3) is 16.9 Å². The minimum atomic E-state index is -0.827. The maximum absolute atomic E-state index is 13.1. The number of nitrogens with zero attached hydrogens (tertiary/aromatic N) is 3. The van der Waals surface area contributed by atoms with Crippen LogP contribution in [0.2, 0.25) is 0 Å². The van der Waals surface area contributed by atoms with Crippen molar-refractivity contribution < 1.29 is 9.18 Å². The van der Waals surface area contributed by atoms with Crippen LogP contribution >= 0.6 is 0 Å². The first-order valence-electron chi connectivity index (χ1n) is 5.19. The highest BCUT2D eigenvalue weighted by Crippen LogP contribution is 2.16. The van der Waals surface area contributed by atoms with Crippen LogP contribution in [0.4, 0.5) is 4.39 Å². The second kappa shape index (κ2) is 3.77. The first-order valence-corrected chi connectivity index (χ1v) is 5.19. The standard InChI is InChI=1S/C10H7FN6O2/c11-4-1-2-6-5(3-4)13-10(19)17(6)9-7(8(12)18)14-16-15-9/h1-3H,(H2,12,18)(H,13,19)(H,14,15,16). The molecule has 2 heterocycles. The van der Waals surface area contributed by atoms with Gasteiger partial charge in [-0.2, -0.15) is 5.21 Å². The Kier molecular flexibility index (Phi) is 2.21. The highest BCUT2D eigenvalue weighted by molar-refractivity contribution is 5.94. The molecular weight excluding hydrogens is 255 g/mol. The summed E-state index contributed by atoms with van der Waals surface area (Å²) >= 11 is 0. The topological polar surface area (TPSA) is 122 Å². The third-order valence-corrected chi connectivity index (χ3v) is 2.62. The van der Waals surface area contributed by atoms with E-state index in [0.29, 0.717) is 5.52 Å². The summed E-state index contributed by atoms with van der Waals surface area (Å²) in [4.78, 5) is 25.5. The molecule has 0 fully saturated rings. The monoisotopic (exact) mass is 262 g/mol. The van der Waals surface area contributed by atoms with Crippen molar-refractivity contribution in [3.05, 3.63) is 40.2 Å². The zero-order chi connectivity index (χ0) is 13.6. The van der Waals surface area contributed by atoms with Crippen LogP contribution in [0, 0.1) is 5.82 Å². The van der Waals surface area contributed by atoms with Gasteiger partial charge in [-0.25, -0.2) is 13.8 Å². The van der Waals surface area contributed by atoms with Gasteiger partial charge < -0.3 is 10.7 Å². The Morgan fingerprint density at radius 2 is 2.16 bits per heavy atom. The van der Waals surface area contributed by atoms with Crippen molar-refractivity contribution in [1.29, 1.82) is 0 Å². The molecule has 9 heteroatoms. The zero-order valence-corrected chi connectivity index (χ0v) is 9.35. The van der Waals surface area contributed by atoms with Crippen LogP contribution in [0.15, 0.2) is 23.0 Å². The molecular formula is C10H7FN6O2. The maximum atomic E-state index is 13.1. The van der Waals surface area contributed by atoms with Gasteiger partial charge in [0.05, 0.1) is 11.0 Å². The molecule has 19 heavy (non-hydrogen) atoms. The van der Waals surface area contributed by atoms with Gasteiger partial charge in [0.15, 0.2) is 11.5 Å². The number of hydrogen-bond donors (Lipinski definition) is 3. The molecule has 0 saturated carbocycles. The fraction of sp³-hybridized carbons (Fsp3) is 0. The lowest BCUT2D eigenvalue weighted by molar-refractivity contribution is 0.0995. The van der Waals surface area contributed by atoms with Crippen molar-refractivity contribution in [2.45, 2.75) is 0 Å². The SMILES string of the molecule is NC(=O)c1n[nH]nc1-n1c(=O)[nH]c2cc(F)ccc21. The van der Waals surface area contributed by atoms with Gasteiger partial charge in [0.1, 0.15) is 5.82 Å². The lowest BCUT2D eigenvalue weighted by Crippen LogP contribution is -2.20. The maximum Gasteiger partial charge on any atom is 0.332 e. The number of hydrogen-bond acceptors (Lipinski definition) is 4. The number of amides is 1. The molecule has 3 rings (SSSR count). The van der Waals surface area contributed by atoms with E-state index in [-0.39, 0.29) is 17.0 Å². The molecule has 0 saturated heterocycles. The number of primary amides is 1. The fourth-order valence-corrected chi connectivity index (χ4v) is 1.84. The van der Waals surface area contributed by atoms with Crippen molar-refractivity contribution in [2.24, 2.45) is 5.73 Å². The Bertz CT molecular complexity index is 845. The van der Waals surface area contributed by atoms with Gasteiger partial charge in [0.25, 0.3) is 5.91 Å². The van der Waals surface area contributed by atoms with E-state index in [2.05, 4.69) is 20.4 Å². The number of H-pyrrole nitrogens is 2. The molecule has 1 aromatic carbocycles. The van der Waals surface area contributed by atoms with Crippen molar-refractivity contribution >= 4 is 16.9 Å². The third-order valence-electron chi connectivity index (χ3n) is 2.62. The van der Waals surface area contributed by atoms with E-state index in [4.69, 9.17) is 5.73 Å². The lowest BCUT2D eigenvalue weighted by atomic mass is 10.3. The van der Waals surface area contributed by atoms with Crippen LogP contribution in [0.3, 0.4) is 0 Å². The molecule has 1 amide bonds. The molecule has 0 aliphatic carbocycles. The number of carbonyl (C=O) groups is 1. The van der Waals surface area contributed by atoms with E-state index >= 15 is 0 Å². The van der Waals surface area contributed by atoms with Crippen molar-refractivity contribution in [2.75, 3.05) is 0 Å². The second-order valence-corrected chi connectivity index (χ2v) is 3.79. The first kappa shape index (κ1) is 11.1. The molecule has 0 spiro atoms. The third kappa shape index (κ3) is 1.59. The minimum absolute atomic E-state index is 0.0321. The fourth-order valence-electron chi connectivity index (χ4n) is 1.84. The molecule has 2 aromatic heterocycles. The van der Waals surface area contributed by atoms with Crippen LogP contribution in [0.1, 0.15) is 10.5 Å². The Labute approximate surface area is 104 Å². The number of rotatable bonds is 2. The molecule has 4 N–H and O–H groups in total. The summed E-state index contributed by atoms with van der Waals surface area (Å²) in [6.45, 7) is 0. The number of nitrogens with one attached hydrogen (secondary N) is 2. The summed E-state index contributed by atoms with van der Waals surface area (Å²) in [5, 5.41) is 9.53. The number of aromatic nitrogens is 5. The Balaban J connectivity index is 2.36. The van der Waals surface area contributed by atoms with Gasteiger partial charge in [0, 0.05) is 0 Å². The average Bonchev–Trinajstić information content (AvgIpc) is 2.91. The Hall–Kier alpha value is -2.97. The summed E-state index contributed by atoms with van der Waals surface area (Å²) in [7, 11) is 0. The highest BCUT2D eigenvalue weighted by atomic mass is 19.1. The minimum Gasteiger partial charge on any atom is -0.364 e. The van der Waals surface area contributed by atoms with E-state index in [1.807, 2.05) is 0 Å². The smallest absolute Gasteiger partial charge is 0.332 e. The summed E-state index contributed by atoms with van der Waals surface area (Å²) < 4.78 is 14.2.